The van der Waals surface area contributed by atoms with E-state index in [0.717, 1.165) is 23.3 Å². The highest BCUT2D eigenvalue weighted by Gasteiger charge is 2.23. The van der Waals surface area contributed by atoms with Crippen molar-refractivity contribution >= 4 is 15.9 Å². The van der Waals surface area contributed by atoms with E-state index in [-0.39, 0.29) is 12.1 Å². The van der Waals surface area contributed by atoms with E-state index in [1.54, 1.807) is 0 Å². The minimum Gasteiger partial charge on any atom is -0.326 e. The fourth-order valence-corrected chi connectivity index (χ4v) is 2.88. The zero-order chi connectivity index (χ0) is 15.2. The van der Waals surface area contributed by atoms with Gasteiger partial charge in [0.2, 0.25) is 0 Å². The fourth-order valence-electron chi connectivity index (χ4n) is 2.61. The number of nitrogens with two attached hydrogens (primary N) is 1. The molecular weight excluding hydrogens is 326 g/mol. The molecule has 2 unspecified atom stereocenters. The summed E-state index contributed by atoms with van der Waals surface area (Å²) in [6.45, 7) is 5.96. The van der Waals surface area contributed by atoms with Crippen LogP contribution in [0.3, 0.4) is 0 Å². The Labute approximate surface area is 135 Å². The monoisotopic (exact) mass is 347 g/mol. The summed E-state index contributed by atoms with van der Waals surface area (Å²) >= 11 is 3.48. The van der Waals surface area contributed by atoms with Crippen molar-refractivity contribution in [1.29, 1.82) is 0 Å². The maximum Gasteiger partial charge on any atom is 0.0544 e. The van der Waals surface area contributed by atoms with Gasteiger partial charge in [-0.05, 0) is 43.3 Å². The van der Waals surface area contributed by atoms with Gasteiger partial charge in [0.05, 0.1) is 11.7 Å². The standard InChI is InChI=1S/C17H22BrN3/c1-3-21(12-16-6-4-5-11-20-16)17(13(2)19)14-7-9-15(18)10-8-14/h4-11,13,17H,3,12,19H2,1-2H3. The third kappa shape index (κ3) is 4.37. The molecule has 4 heteroatoms. The third-order valence-corrected chi connectivity index (χ3v) is 4.13. The second-order valence-corrected chi connectivity index (χ2v) is 6.16. The van der Waals surface area contributed by atoms with Gasteiger partial charge in [0.1, 0.15) is 0 Å². The van der Waals surface area contributed by atoms with E-state index in [2.05, 4.69) is 70.0 Å². The average Bonchev–Trinajstić information content (AvgIpc) is 2.49. The summed E-state index contributed by atoms with van der Waals surface area (Å²) in [5.41, 5.74) is 8.58. The molecule has 0 spiro atoms. The number of hydrogen-bond acceptors (Lipinski definition) is 3. The van der Waals surface area contributed by atoms with Crippen LogP contribution in [0.1, 0.15) is 31.1 Å². The van der Waals surface area contributed by atoms with E-state index in [0.29, 0.717) is 0 Å². The van der Waals surface area contributed by atoms with E-state index < -0.39 is 0 Å². The number of hydrogen-bond donors (Lipinski definition) is 1. The molecule has 2 atom stereocenters. The van der Waals surface area contributed by atoms with Crippen LogP contribution < -0.4 is 5.73 Å². The Morgan fingerprint density at radius 1 is 1.19 bits per heavy atom. The van der Waals surface area contributed by atoms with Crippen molar-refractivity contribution in [2.45, 2.75) is 32.5 Å². The van der Waals surface area contributed by atoms with Crippen molar-refractivity contribution in [2.75, 3.05) is 6.54 Å². The van der Waals surface area contributed by atoms with Crippen molar-refractivity contribution in [2.24, 2.45) is 5.73 Å². The number of aromatic nitrogens is 1. The molecule has 0 aliphatic rings. The second kappa shape index (κ2) is 7.69. The topological polar surface area (TPSA) is 42.2 Å². The minimum atomic E-state index is 0.0508. The second-order valence-electron chi connectivity index (χ2n) is 5.24. The van der Waals surface area contributed by atoms with Crippen LogP contribution in [-0.4, -0.2) is 22.5 Å². The highest BCUT2D eigenvalue weighted by molar-refractivity contribution is 9.10. The molecule has 0 amide bonds. The first kappa shape index (κ1) is 16.1. The van der Waals surface area contributed by atoms with E-state index >= 15 is 0 Å². The minimum absolute atomic E-state index is 0.0508. The van der Waals surface area contributed by atoms with Crippen molar-refractivity contribution in [1.82, 2.24) is 9.88 Å². The van der Waals surface area contributed by atoms with Gasteiger partial charge in [-0.2, -0.15) is 0 Å². The van der Waals surface area contributed by atoms with Gasteiger partial charge in [0.25, 0.3) is 0 Å². The first-order valence-electron chi connectivity index (χ1n) is 7.26. The molecule has 2 aromatic rings. The smallest absolute Gasteiger partial charge is 0.0544 e. The number of halogens is 1. The Bertz CT molecular complexity index is 540. The zero-order valence-electron chi connectivity index (χ0n) is 12.5. The van der Waals surface area contributed by atoms with Crippen LogP contribution in [0.4, 0.5) is 0 Å². The van der Waals surface area contributed by atoms with Crippen LogP contribution in [0.25, 0.3) is 0 Å². The molecule has 1 aromatic carbocycles. The van der Waals surface area contributed by atoms with Crippen molar-refractivity contribution in [3.8, 4) is 0 Å². The largest absolute Gasteiger partial charge is 0.326 e. The molecule has 0 aliphatic heterocycles. The summed E-state index contributed by atoms with van der Waals surface area (Å²) in [4.78, 5) is 6.80. The Kier molecular flexibility index (Phi) is 5.91. The lowest BCUT2D eigenvalue weighted by Crippen LogP contribution is -2.39. The Morgan fingerprint density at radius 2 is 1.90 bits per heavy atom. The number of nitrogens with zero attached hydrogens (tertiary/aromatic N) is 2. The van der Waals surface area contributed by atoms with Crippen LogP contribution >= 0.6 is 15.9 Å². The van der Waals surface area contributed by atoms with Gasteiger partial charge in [-0.3, -0.25) is 9.88 Å². The maximum atomic E-state index is 6.26. The molecule has 0 aliphatic carbocycles. The quantitative estimate of drug-likeness (QED) is 0.864. The lowest BCUT2D eigenvalue weighted by atomic mass is 9.99. The van der Waals surface area contributed by atoms with Gasteiger partial charge >= 0.3 is 0 Å². The third-order valence-electron chi connectivity index (χ3n) is 3.60. The Morgan fingerprint density at radius 3 is 2.43 bits per heavy atom. The van der Waals surface area contributed by atoms with Gasteiger partial charge < -0.3 is 5.73 Å². The van der Waals surface area contributed by atoms with E-state index in [9.17, 15) is 0 Å². The summed E-state index contributed by atoms with van der Waals surface area (Å²) in [6, 6.07) is 14.7. The Hall–Kier alpha value is -1.23. The van der Waals surface area contributed by atoms with E-state index in [4.69, 9.17) is 5.73 Å². The summed E-state index contributed by atoms with van der Waals surface area (Å²) in [5.74, 6) is 0. The molecule has 112 valence electrons. The van der Waals surface area contributed by atoms with Gasteiger partial charge in [-0.1, -0.05) is 41.1 Å². The molecule has 1 heterocycles. The molecule has 21 heavy (non-hydrogen) atoms. The SMILES string of the molecule is CCN(Cc1ccccn1)C(c1ccc(Br)cc1)C(C)N. The van der Waals surface area contributed by atoms with Gasteiger partial charge in [-0.15, -0.1) is 0 Å². The molecule has 2 N–H and O–H groups in total. The number of likely N-dealkylation sites (N-methyl/N-ethyl adjacent to an activating group) is 1. The van der Waals surface area contributed by atoms with E-state index in [1.165, 1.54) is 5.56 Å². The van der Waals surface area contributed by atoms with Gasteiger partial charge in [0.15, 0.2) is 0 Å². The van der Waals surface area contributed by atoms with Crippen molar-refractivity contribution in [3.05, 3.63) is 64.4 Å². The molecule has 0 fully saturated rings. The van der Waals surface area contributed by atoms with E-state index in [1.807, 2.05) is 18.3 Å². The predicted molar refractivity (Wildman–Crippen MR) is 90.9 cm³/mol. The summed E-state index contributed by atoms with van der Waals surface area (Å²) in [6.07, 6.45) is 1.84. The number of benzene rings is 1. The Balaban J connectivity index is 2.24. The lowest BCUT2D eigenvalue weighted by Gasteiger charge is -2.33. The maximum absolute atomic E-state index is 6.26. The average molecular weight is 348 g/mol. The number of pyridine rings is 1. The molecule has 0 saturated heterocycles. The van der Waals surface area contributed by atoms with Crippen LogP contribution in [0, 0.1) is 0 Å². The van der Waals surface area contributed by atoms with Gasteiger partial charge in [-0.25, -0.2) is 0 Å². The highest BCUT2D eigenvalue weighted by Crippen LogP contribution is 2.26. The van der Waals surface area contributed by atoms with Crippen LogP contribution in [0.5, 0.6) is 0 Å². The zero-order valence-corrected chi connectivity index (χ0v) is 14.1. The first-order chi connectivity index (χ1) is 10.1. The predicted octanol–water partition coefficient (Wildman–Crippen LogP) is 3.75. The molecule has 0 radical (unpaired) electrons. The fraction of sp³-hybridized carbons (Fsp3) is 0.353. The molecule has 2 rings (SSSR count). The highest BCUT2D eigenvalue weighted by atomic mass is 79.9. The molecule has 0 saturated carbocycles. The normalized spacial score (nSPS) is 14.1. The first-order valence-corrected chi connectivity index (χ1v) is 8.06. The summed E-state index contributed by atoms with van der Waals surface area (Å²) in [5, 5.41) is 0. The molecular formula is C17H22BrN3. The van der Waals surface area contributed by atoms with Crippen molar-refractivity contribution in [3.63, 3.8) is 0 Å². The molecule has 0 bridgehead atoms. The van der Waals surface area contributed by atoms with Crippen molar-refractivity contribution < 1.29 is 0 Å². The van der Waals surface area contributed by atoms with Gasteiger partial charge in [0, 0.05) is 23.3 Å². The molecule has 3 nitrogen and oxygen atoms in total. The van der Waals surface area contributed by atoms with Crippen LogP contribution in [0.2, 0.25) is 0 Å². The lowest BCUT2D eigenvalue weighted by molar-refractivity contribution is 0.175. The number of rotatable bonds is 6. The summed E-state index contributed by atoms with van der Waals surface area (Å²) < 4.78 is 1.09. The van der Waals surface area contributed by atoms with Crippen LogP contribution in [0.15, 0.2) is 53.1 Å². The van der Waals surface area contributed by atoms with Crippen LogP contribution in [-0.2, 0) is 6.54 Å². The summed E-state index contributed by atoms with van der Waals surface area (Å²) in [7, 11) is 0. The molecule has 1 aromatic heterocycles.